The summed E-state index contributed by atoms with van der Waals surface area (Å²) in [6.45, 7) is 4.00. The molecule has 0 bridgehead atoms. The summed E-state index contributed by atoms with van der Waals surface area (Å²) in [6, 6.07) is 10.4. The van der Waals surface area contributed by atoms with E-state index in [2.05, 4.69) is 37.5 Å². The van der Waals surface area contributed by atoms with E-state index in [1.54, 1.807) is 25.6 Å². The number of allylic oxidation sites excluding steroid dienone is 1. The highest BCUT2D eigenvalue weighted by atomic mass is 19.1. The van der Waals surface area contributed by atoms with Gasteiger partial charge in [0, 0.05) is 53.3 Å². The highest BCUT2D eigenvalue weighted by Crippen LogP contribution is 2.38. The molecule has 2 aliphatic heterocycles. The van der Waals surface area contributed by atoms with Gasteiger partial charge in [0.2, 0.25) is 0 Å². The van der Waals surface area contributed by atoms with Crippen molar-refractivity contribution >= 4 is 28.6 Å². The van der Waals surface area contributed by atoms with Gasteiger partial charge in [-0.3, -0.25) is 19.4 Å². The molecule has 37 heavy (non-hydrogen) atoms. The molecule has 2 aromatic carbocycles. The van der Waals surface area contributed by atoms with Gasteiger partial charge in [-0.2, -0.15) is 5.10 Å². The van der Waals surface area contributed by atoms with Crippen LogP contribution in [0.4, 0.5) is 4.39 Å². The van der Waals surface area contributed by atoms with E-state index in [0.29, 0.717) is 30.0 Å². The van der Waals surface area contributed by atoms with Gasteiger partial charge < -0.3 is 10.1 Å². The van der Waals surface area contributed by atoms with Crippen LogP contribution in [0.3, 0.4) is 0 Å². The van der Waals surface area contributed by atoms with Crippen LogP contribution in [0.15, 0.2) is 42.7 Å². The third kappa shape index (κ3) is 4.27. The highest BCUT2D eigenvalue weighted by molar-refractivity contribution is 6.02. The number of nitrogens with one attached hydrogen (secondary N) is 2. The zero-order chi connectivity index (χ0) is 25.5. The van der Waals surface area contributed by atoms with Gasteiger partial charge in [0.1, 0.15) is 23.7 Å². The SMILES string of the molecule is COc1cccc(F)c1CN1CCC[C@@H](NC(=O)c2ccc3[nH]nc(C4=Cn5cnnc5C4C)c3c2)C1. The van der Waals surface area contributed by atoms with Crippen LogP contribution in [0, 0.1) is 5.82 Å². The van der Waals surface area contributed by atoms with Crippen molar-refractivity contribution in [2.75, 3.05) is 20.2 Å². The number of likely N-dealkylation sites (tertiary alicyclic amines) is 1. The Bertz CT molecular complexity index is 1510. The molecule has 9 nitrogen and oxygen atoms in total. The topological polar surface area (TPSA) is 101 Å². The maximum atomic E-state index is 14.5. The lowest BCUT2D eigenvalue weighted by Crippen LogP contribution is -2.47. The highest BCUT2D eigenvalue weighted by Gasteiger charge is 2.28. The fraction of sp³-hybridized carbons (Fsp3) is 0.333. The molecule has 2 N–H and O–H groups in total. The largest absolute Gasteiger partial charge is 0.496 e. The molecule has 2 aliphatic rings. The Morgan fingerprint density at radius 1 is 1.30 bits per heavy atom. The van der Waals surface area contributed by atoms with Gasteiger partial charge in [0.25, 0.3) is 5.91 Å². The third-order valence-corrected chi connectivity index (χ3v) is 7.35. The molecule has 4 heterocycles. The Labute approximate surface area is 213 Å². The summed E-state index contributed by atoms with van der Waals surface area (Å²) in [5, 5.41) is 19.9. The average Bonchev–Trinajstić information content (AvgIpc) is 3.61. The fourth-order valence-electron chi connectivity index (χ4n) is 5.40. The van der Waals surface area contributed by atoms with Crippen molar-refractivity contribution in [1.82, 2.24) is 35.2 Å². The van der Waals surface area contributed by atoms with E-state index in [0.717, 1.165) is 47.4 Å². The lowest BCUT2D eigenvalue weighted by Gasteiger charge is -2.33. The van der Waals surface area contributed by atoms with Gasteiger partial charge in [-0.25, -0.2) is 4.39 Å². The molecule has 0 saturated carbocycles. The normalized spacial score (nSPS) is 19.6. The number of halogens is 1. The molecule has 2 aromatic heterocycles. The van der Waals surface area contributed by atoms with Crippen molar-refractivity contribution in [1.29, 1.82) is 0 Å². The van der Waals surface area contributed by atoms with Crippen LogP contribution >= 0.6 is 0 Å². The Balaban J connectivity index is 1.18. The molecule has 190 valence electrons. The first-order chi connectivity index (χ1) is 18.0. The van der Waals surface area contributed by atoms with Crippen molar-refractivity contribution in [2.45, 2.75) is 38.3 Å². The fourth-order valence-corrected chi connectivity index (χ4v) is 5.40. The number of nitrogens with zero attached hydrogens (tertiary/aromatic N) is 5. The number of methoxy groups -OCH3 is 1. The summed E-state index contributed by atoms with van der Waals surface area (Å²) in [7, 11) is 1.55. The first-order valence-electron chi connectivity index (χ1n) is 12.5. The van der Waals surface area contributed by atoms with Crippen LogP contribution in [-0.4, -0.2) is 62.0 Å². The van der Waals surface area contributed by atoms with Gasteiger partial charge in [-0.05, 0) is 49.7 Å². The quantitative estimate of drug-likeness (QED) is 0.417. The smallest absolute Gasteiger partial charge is 0.251 e. The van der Waals surface area contributed by atoms with E-state index in [4.69, 9.17) is 4.74 Å². The Morgan fingerprint density at radius 2 is 2.19 bits per heavy atom. The van der Waals surface area contributed by atoms with E-state index in [9.17, 15) is 9.18 Å². The average molecular weight is 502 g/mol. The maximum Gasteiger partial charge on any atom is 0.251 e. The number of aromatic nitrogens is 5. The number of fused-ring (bicyclic) bond motifs is 2. The standard InChI is InChI=1S/C27H28FN7O2/c1-16-20(14-35-15-29-33-26(16)35)25-19-11-17(8-9-23(19)31-32-25)27(36)30-18-5-4-10-34(12-18)13-21-22(28)6-3-7-24(21)37-2/h3,6-9,11,14-16,18H,4-5,10,12-13H2,1-2H3,(H,30,36)(H,31,32)/t16?,18-/m1/s1. The second-order valence-electron chi connectivity index (χ2n) is 9.70. The van der Waals surface area contributed by atoms with Gasteiger partial charge in [-0.15, -0.1) is 10.2 Å². The molecule has 1 saturated heterocycles. The number of H-pyrrole nitrogens is 1. The van der Waals surface area contributed by atoms with E-state index in [1.165, 1.54) is 6.07 Å². The molecule has 10 heteroatoms. The van der Waals surface area contributed by atoms with Crippen molar-refractivity contribution in [3.63, 3.8) is 0 Å². The lowest BCUT2D eigenvalue weighted by atomic mass is 9.97. The molecule has 1 amide bonds. The Morgan fingerprint density at radius 3 is 3.03 bits per heavy atom. The minimum atomic E-state index is -0.277. The monoisotopic (exact) mass is 501 g/mol. The second kappa shape index (κ2) is 9.44. The zero-order valence-corrected chi connectivity index (χ0v) is 20.7. The predicted molar refractivity (Wildman–Crippen MR) is 137 cm³/mol. The van der Waals surface area contributed by atoms with Crippen LogP contribution in [0.25, 0.3) is 22.7 Å². The number of rotatable bonds is 6. The molecule has 6 rings (SSSR count). The van der Waals surface area contributed by atoms with Crippen LogP contribution in [0.5, 0.6) is 5.75 Å². The number of benzene rings is 2. The first-order valence-corrected chi connectivity index (χ1v) is 12.5. The first kappa shape index (κ1) is 23.4. The third-order valence-electron chi connectivity index (χ3n) is 7.35. The Kier molecular flexibility index (Phi) is 5.96. The van der Waals surface area contributed by atoms with Crippen molar-refractivity contribution in [3.05, 3.63) is 71.2 Å². The van der Waals surface area contributed by atoms with Crippen LogP contribution in [0.1, 0.15) is 53.1 Å². The lowest BCUT2D eigenvalue weighted by molar-refractivity contribution is 0.0899. The number of ether oxygens (including phenoxy) is 1. The molecular weight excluding hydrogens is 473 g/mol. The van der Waals surface area contributed by atoms with Crippen molar-refractivity contribution in [3.8, 4) is 5.75 Å². The molecule has 0 radical (unpaired) electrons. The van der Waals surface area contributed by atoms with Crippen LogP contribution < -0.4 is 10.1 Å². The summed E-state index contributed by atoms with van der Waals surface area (Å²) < 4.78 is 21.7. The van der Waals surface area contributed by atoms with Gasteiger partial charge >= 0.3 is 0 Å². The molecule has 1 unspecified atom stereocenters. The minimum absolute atomic E-state index is 0.0272. The molecule has 0 aliphatic carbocycles. The summed E-state index contributed by atoms with van der Waals surface area (Å²) in [5.41, 5.74) is 3.83. The predicted octanol–water partition coefficient (Wildman–Crippen LogP) is 3.81. The number of aromatic amines is 1. The molecule has 1 fully saturated rings. The summed E-state index contributed by atoms with van der Waals surface area (Å²) in [4.78, 5) is 15.4. The summed E-state index contributed by atoms with van der Waals surface area (Å²) >= 11 is 0. The Hall–Kier alpha value is -4.05. The molecule has 4 aromatic rings. The van der Waals surface area contributed by atoms with E-state index >= 15 is 0 Å². The molecule has 0 spiro atoms. The van der Waals surface area contributed by atoms with E-state index < -0.39 is 0 Å². The number of piperidine rings is 1. The van der Waals surface area contributed by atoms with Crippen LogP contribution in [0.2, 0.25) is 0 Å². The number of hydrogen-bond donors (Lipinski definition) is 2. The number of amides is 1. The van der Waals surface area contributed by atoms with Crippen molar-refractivity contribution in [2.24, 2.45) is 0 Å². The molecule has 2 atom stereocenters. The zero-order valence-electron chi connectivity index (χ0n) is 20.7. The van der Waals surface area contributed by atoms with Gasteiger partial charge in [0.15, 0.2) is 0 Å². The number of carbonyl (C=O) groups is 1. The number of carbonyl (C=O) groups excluding carboxylic acids is 1. The maximum absolute atomic E-state index is 14.5. The second-order valence-corrected chi connectivity index (χ2v) is 9.70. The minimum Gasteiger partial charge on any atom is -0.496 e. The van der Waals surface area contributed by atoms with Gasteiger partial charge in [0.05, 0.1) is 18.3 Å². The van der Waals surface area contributed by atoms with Crippen molar-refractivity contribution < 1.29 is 13.9 Å². The molecular formula is C27H28FN7O2. The van der Waals surface area contributed by atoms with Crippen LogP contribution in [-0.2, 0) is 6.54 Å². The summed E-state index contributed by atoms with van der Waals surface area (Å²) in [5.74, 6) is 1.06. The van der Waals surface area contributed by atoms with E-state index in [1.807, 2.05) is 29.0 Å². The van der Waals surface area contributed by atoms with Gasteiger partial charge in [-0.1, -0.05) is 13.0 Å². The number of hydrogen-bond acceptors (Lipinski definition) is 6. The van der Waals surface area contributed by atoms with E-state index in [-0.39, 0.29) is 23.7 Å². The summed E-state index contributed by atoms with van der Waals surface area (Å²) in [6.07, 6.45) is 5.47.